The molecular formula is C14H21NS2. The average Bonchev–Trinajstić information content (AvgIpc) is 2.87. The van der Waals surface area contributed by atoms with Gasteiger partial charge in [0.2, 0.25) is 0 Å². The molecule has 0 atom stereocenters. The molecule has 1 saturated carbocycles. The Bertz CT molecular complexity index is 384. The van der Waals surface area contributed by atoms with Gasteiger partial charge in [-0.1, -0.05) is 25.0 Å². The third-order valence-electron chi connectivity index (χ3n) is 3.93. The second-order valence-corrected chi connectivity index (χ2v) is 6.40. The molecular weight excluding hydrogens is 246 g/mol. The molecule has 1 aliphatic carbocycles. The van der Waals surface area contributed by atoms with Crippen molar-refractivity contribution >= 4 is 23.5 Å². The molecule has 1 aromatic rings. The molecule has 1 fully saturated rings. The van der Waals surface area contributed by atoms with Crippen molar-refractivity contribution in [3.8, 4) is 0 Å². The quantitative estimate of drug-likeness (QED) is 0.838. The predicted molar refractivity (Wildman–Crippen MR) is 79.2 cm³/mol. The molecule has 0 amide bonds. The van der Waals surface area contributed by atoms with Crippen molar-refractivity contribution in [2.45, 2.75) is 40.9 Å². The van der Waals surface area contributed by atoms with Crippen LogP contribution in [-0.2, 0) is 5.41 Å². The van der Waals surface area contributed by atoms with E-state index in [-0.39, 0.29) is 5.41 Å². The molecule has 0 radical (unpaired) electrons. The maximum absolute atomic E-state index is 6.10. The second-order valence-electron chi connectivity index (χ2n) is 4.73. The third kappa shape index (κ3) is 2.38. The van der Waals surface area contributed by atoms with Crippen LogP contribution in [0.2, 0.25) is 0 Å². The van der Waals surface area contributed by atoms with Crippen molar-refractivity contribution in [3.63, 3.8) is 0 Å². The average molecular weight is 267 g/mol. The van der Waals surface area contributed by atoms with Crippen molar-refractivity contribution in [2.24, 2.45) is 5.73 Å². The van der Waals surface area contributed by atoms with Gasteiger partial charge in [-0.3, -0.25) is 0 Å². The topological polar surface area (TPSA) is 26.0 Å². The molecule has 0 aliphatic heterocycles. The molecule has 0 bridgehead atoms. The minimum absolute atomic E-state index is 0.254. The summed E-state index contributed by atoms with van der Waals surface area (Å²) in [6.45, 7) is 0.790. The highest BCUT2D eigenvalue weighted by Gasteiger charge is 2.36. The molecule has 1 aromatic carbocycles. The van der Waals surface area contributed by atoms with Gasteiger partial charge >= 0.3 is 0 Å². The molecule has 17 heavy (non-hydrogen) atoms. The Kier molecular flexibility index (Phi) is 4.45. The van der Waals surface area contributed by atoms with E-state index in [1.54, 1.807) is 0 Å². The first-order valence-electron chi connectivity index (χ1n) is 6.19. The molecule has 2 rings (SSSR count). The van der Waals surface area contributed by atoms with Gasteiger partial charge < -0.3 is 5.73 Å². The Labute approximate surface area is 113 Å². The van der Waals surface area contributed by atoms with Crippen LogP contribution in [0.5, 0.6) is 0 Å². The van der Waals surface area contributed by atoms with Crippen LogP contribution in [0.3, 0.4) is 0 Å². The number of benzene rings is 1. The van der Waals surface area contributed by atoms with Crippen molar-refractivity contribution in [1.29, 1.82) is 0 Å². The van der Waals surface area contributed by atoms with Gasteiger partial charge in [-0.15, -0.1) is 23.5 Å². The fourth-order valence-corrected chi connectivity index (χ4v) is 4.72. The van der Waals surface area contributed by atoms with E-state index in [2.05, 4.69) is 30.7 Å². The molecule has 1 nitrogen and oxygen atoms in total. The minimum Gasteiger partial charge on any atom is -0.330 e. The van der Waals surface area contributed by atoms with E-state index in [0.29, 0.717) is 0 Å². The monoisotopic (exact) mass is 267 g/mol. The van der Waals surface area contributed by atoms with Crippen LogP contribution < -0.4 is 5.73 Å². The van der Waals surface area contributed by atoms with Crippen molar-refractivity contribution < 1.29 is 0 Å². The zero-order valence-electron chi connectivity index (χ0n) is 10.7. The van der Waals surface area contributed by atoms with Gasteiger partial charge in [0.1, 0.15) is 0 Å². The van der Waals surface area contributed by atoms with Crippen molar-refractivity contribution in [3.05, 3.63) is 23.8 Å². The van der Waals surface area contributed by atoms with Crippen LogP contribution in [0.25, 0.3) is 0 Å². The summed E-state index contributed by atoms with van der Waals surface area (Å²) < 4.78 is 0. The van der Waals surface area contributed by atoms with E-state index < -0.39 is 0 Å². The van der Waals surface area contributed by atoms with Gasteiger partial charge in [-0.2, -0.15) is 0 Å². The highest BCUT2D eigenvalue weighted by atomic mass is 32.2. The van der Waals surface area contributed by atoms with Gasteiger partial charge in [-0.25, -0.2) is 0 Å². The number of hydrogen-bond acceptors (Lipinski definition) is 3. The second kappa shape index (κ2) is 5.68. The van der Waals surface area contributed by atoms with Crippen LogP contribution >= 0.6 is 23.5 Å². The van der Waals surface area contributed by atoms with Crippen LogP contribution in [0, 0.1) is 0 Å². The highest BCUT2D eigenvalue weighted by molar-refractivity contribution is 8.01. The zero-order valence-corrected chi connectivity index (χ0v) is 12.3. The fraction of sp³-hybridized carbons (Fsp3) is 0.571. The summed E-state index contributed by atoms with van der Waals surface area (Å²) in [5.41, 5.74) is 7.85. The molecule has 1 aliphatic rings. The SMILES string of the molecule is CSc1cccc(C2(CN)CCCC2)c1SC. The summed E-state index contributed by atoms with van der Waals surface area (Å²) in [4.78, 5) is 2.85. The summed E-state index contributed by atoms with van der Waals surface area (Å²) in [6, 6.07) is 6.71. The van der Waals surface area contributed by atoms with Crippen molar-refractivity contribution in [1.82, 2.24) is 0 Å². The van der Waals surface area contributed by atoms with Crippen molar-refractivity contribution in [2.75, 3.05) is 19.1 Å². The zero-order chi connectivity index (χ0) is 12.3. The first kappa shape index (κ1) is 13.3. The summed E-state index contributed by atoms with van der Waals surface area (Å²) in [6.07, 6.45) is 9.51. The maximum Gasteiger partial charge on any atom is 0.0243 e. The van der Waals surface area contributed by atoms with Crippen LogP contribution in [0.1, 0.15) is 31.2 Å². The molecule has 0 spiro atoms. The molecule has 2 N–H and O–H groups in total. The standard InChI is InChI=1S/C14H21NS2/c1-16-12-7-5-6-11(13(12)17-2)14(10-15)8-3-4-9-14/h5-7H,3-4,8-10,15H2,1-2H3. The molecule has 94 valence electrons. The van der Waals surface area contributed by atoms with E-state index in [1.807, 2.05) is 23.5 Å². The van der Waals surface area contributed by atoms with Gasteiger partial charge in [0.05, 0.1) is 0 Å². The lowest BCUT2D eigenvalue weighted by Gasteiger charge is -2.30. The number of nitrogens with two attached hydrogens (primary N) is 1. The fourth-order valence-electron chi connectivity index (χ4n) is 2.94. The molecule has 0 saturated heterocycles. The van der Waals surface area contributed by atoms with E-state index in [4.69, 9.17) is 5.73 Å². The Balaban J connectivity index is 2.49. The summed E-state index contributed by atoms with van der Waals surface area (Å²) in [5, 5.41) is 0. The lowest BCUT2D eigenvalue weighted by molar-refractivity contribution is 0.443. The number of thioether (sulfide) groups is 2. The minimum atomic E-state index is 0.254. The van der Waals surface area contributed by atoms with Gasteiger partial charge in [0.25, 0.3) is 0 Å². The highest BCUT2D eigenvalue weighted by Crippen LogP contribution is 2.45. The Morgan fingerprint density at radius 2 is 1.88 bits per heavy atom. The Hall–Kier alpha value is -0.120. The smallest absolute Gasteiger partial charge is 0.0243 e. The lowest BCUT2D eigenvalue weighted by atomic mass is 9.79. The Morgan fingerprint density at radius 3 is 2.41 bits per heavy atom. The summed E-state index contributed by atoms with van der Waals surface area (Å²) in [7, 11) is 0. The number of hydrogen-bond donors (Lipinski definition) is 1. The van der Waals surface area contributed by atoms with Gasteiger partial charge in [-0.05, 0) is 37.0 Å². The van der Waals surface area contributed by atoms with E-state index in [9.17, 15) is 0 Å². The van der Waals surface area contributed by atoms with E-state index >= 15 is 0 Å². The first-order chi connectivity index (χ1) is 8.27. The predicted octanol–water partition coefficient (Wildman–Crippen LogP) is 3.90. The lowest BCUT2D eigenvalue weighted by Crippen LogP contribution is -2.32. The summed E-state index contributed by atoms with van der Waals surface area (Å²) in [5.74, 6) is 0. The number of rotatable bonds is 4. The molecule has 0 heterocycles. The summed E-state index contributed by atoms with van der Waals surface area (Å²) >= 11 is 3.71. The van der Waals surface area contributed by atoms with E-state index in [0.717, 1.165) is 6.54 Å². The largest absolute Gasteiger partial charge is 0.330 e. The van der Waals surface area contributed by atoms with Gasteiger partial charge in [0, 0.05) is 21.8 Å². The molecule has 0 aromatic heterocycles. The van der Waals surface area contributed by atoms with Crippen LogP contribution in [-0.4, -0.2) is 19.1 Å². The van der Waals surface area contributed by atoms with Crippen LogP contribution in [0.4, 0.5) is 0 Å². The normalized spacial score (nSPS) is 18.5. The van der Waals surface area contributed by atoms with Crippen LogP contribution in [0.15, 0.2) is 28.0 Å². The first-order valence-corrected chi connectivity index (χ1v) is 8.64. The molecule has 3 heteroatoms. The molecule has 0 unspecified atom stereocenters. The van der Waals surface area contributed by atoms with E-state index in [1.165, 1.54) is 41.0 Å². The third-order valence-corrected chi connectivity index (χ3v) is 5.68. The Morgan fingerprint density at radius 1 is 1.18 bits per heavy atom. The van der Waals surface area contributed by atoms with Gasteiger partial charge in [0.15, 0.2) is 0 Å². The maximum atomic E-state index is 6.10.